The van der Waals surface area contributed by atoms with Crippen molar-refractivity contribution in [3.05, 3.63) is 34.1 Å². The molecule has 3 atom stereocenters. The van der Waals surface area contributed by atoms with Crippen molar-refractivity contribution in [3.8, 4) is 0 Å². The van der Waals surface area contributed by atoms with Crippen molar-refractivity contribution >= 4 is 15.9 Å². The van der Waals surface area contributed by atoms with Gasteiger partial charge in [-0.25, -0.2) is 15.2 Å². The van der Waals surface area contributed by atoms with Gasteiger partial charge >= 0.3 is 0 Å². The summed E-state index contributed by atoms with van der Waals surface area (Å²) in [5.41, 5.74) is 12.8. The van der Waals surface area contributed by atoms with Gasteiger partial charge in [-0.15, -0.1) is 0 Å². The van der Waals surface area contributed by atoms with Crippen molar-refractivity contribution in [2.75, 3.05) is 0 Å². The van der Waals surface area contributed by atoms with Gasteiger partial charge in [-0.2, -0.15) is 0 Å². The zero-order valence-electron chi connectivity index (χ0n) is 10.6. The van der Waals surface area contributed by atoms with E-state index < -0.39 is 0 Å². The van der Waals surface area contributed by atoms with Crippen molar-refractivity contribution < 1.29 is 4.39 Å². The van der Waals surface area contributed by atoms with Crippen LogP contribution in [-0.4, -0.2) is 6.17 Å². The molecule has 4 N–H and O–H groups in total. The summed E-state index contributed by atoms with van der Waals surface area (Å²) in [7, 11) is 0. The number of hydrogen-bond donors (Lipinski definition) is 3. The lowest BCUT2D eigenvalue weighted by molar-refractivity contribution is 0.339. The van der Waals surface area contributed by atoms with Crippen molar-refractivity contribution in [1.82, 2.24) is 10.9 Å². The predicted octanol–water partition coefficient (Wildman–Crippen LogP) is 2.68. The first-order chi connectivity index (χ1) is 8.49. The van der Waals surface area contributed by atoms with Crippen LogP contribution in [0.15, 0.2) is 22.7 Å². The lowest BCUT2D eigenvalue weighted by Gasteiger charge is -2.23. The van der Waals surface area contributed by atoms with E-state index in [1.807, 2.05) is 6.07 Å². The highest BCUT2D eigenvalue weighted by atomic mass is 79.9. The minimum Gasteiger partial charge on any atom is -0.315 e. The molecule has 5 heteroatoms. The SMILES string of the molecule is CC(C)CC1C(N)NNC1c1cc(Br)ccc1F. The molecule has 2 rings (SSSR count). The van der Waals surface area contributed by atoms with E-state index in [2.05, 4.69) is 40.6 Å². The first kappa shape index (κ1) is 13.9. The summed E-state index contributed by atoms with van der Waals surface area (Å²) in [6.45, 7) is 4.30. The monoisotopic (exact) mass is 315 g/mol. The minimum absolute atomic E-state index is 0.0834. The van der Waals surface area contributed by atoms with Gasteiger partial charge in [0.05, 0.1) is 12.2 Å². The Kier molecular flexibility index (Phi) is 4.37. The van der Waals surface area contributed by atoms with Gasteiger partial charge in [0, 0.05) is 16.0 Å². The maximum Gasteiger partial charge on any atom is 0.128 e. The van der Waals surface area contributed by atoms with Crippen LogP contribution in [0.5, 0.6) is 0 Å². The van der Waals surface area contributed by atoms with Gasteiger partial charge in [-0.1, -0.05) is 29.8 Å². The molecule has 0 saturated carbocycles. The van der Waals surface area contributed by atoms with Crippen molar-refractivity contribution in [2.45, 2.75) is 32.5 Å². The van der Waals surface area contributed by atoms with Crippen LogP contribution in [0.4, 0.5) is 4.39 Å². The number of hydrazine groups is 1. The molecular weight excluding hydrogens is 297 g/mol. The van der Waals surface area contributed by atoms with E-state index in [1.165, 1.54) is 6.07 Å². The van der Waals surface area contributed by atoms with E-state index in [0.717, 1.165) is 10.9 Å². The second-order valence-corrected chi connectivity index (χ2v) is 6.17. The molecular formula is C13H19BrFN3. The van der Waals surface area contributed by atoms with Crippen LogP contribution in [0.1, 0.15) is 31.9 Å². The molecule has 1 aliphatic heterocycles. The van der Waals surface area contributed by atoms with Crippen molar-refractivity contribution in [3.63, 3.8) is 0 Å². The Labute approximate surface area is 115 Å². The molecule has 1 heterocycles. The second kappa shape index (κ2) is 5.65. The molecule has 0 bridgehead atoms. The fraction of sp³-hybridized carbons (Fsp3) is 0.538. The maximum absolute atomic E-state index is 13.9. The number of halogens is 2. The smallest absolute Gasteiger partial charge is 0.128 e. The van der Waals surface area contributed by atoms with E-state index >= 15 is 0 Å². The van der Waals surface area contributed by atoms with Crippen LogP contribution in [0, 0.1) is 17.7 Å². The topological polar surface area (TPSA) is 50.1 Å². The Hall–Kier alpha value is -0.490. The average molecular weight is 316 g/mol. The molecule has 0 amide bonds. The fourth-order valence-corrected chi connectivity index (χ4v) is 2.87. The predicted molar refractivity (Wildman–Crippen MR) is 74.0 cm³/mol. The lowest BCUT2D eigenvalue weighted by atomic mass is 9.86. The Balaban J connectivity index is 2.28. The van der Waals surface area contributed by atoms with Gasteiger partial charge < -0.3 is 5.73 Å². The average Bonchev–Trinajstić information content (AvgIpc) is 2.64. The molecule has 0 aliphatic carbocycles. The summed E-state index contributed by atoms with van der Waals surface area (Å²) in [6.07, 6.45) is 0.813. The quantitative estimate of drug-likeness (QED) is 0.804. The Morgan fingerprint density at radius 1 is 1.39 bits per heavy atom. The molecule has 3 unspecified atom stereocenters. The summed E-state index contributed by atoms with van der Waals surface area (Å²) < 4.78 is 14.8. The molecule has 0 radical (unpaired) electrons. The van der Waals surface area contributed by atoms with E-state index in [4.69, 9.17) is 5.73 Å². The molecule has 3 nitrogen and oxygen atoms in total. The van der Waals surface area contributed by atoms with Gasteiger partial charge in [-0.05, 0) is 30.5 Å². The first-order valence-electron chi connectivity index (χ1n) is 6.20. The summed E-state index contributed by atoms with van der Waals surface area (Å²) in [6, 6.07) is 4.93. The van der Waals surface area contributed by atoms with E-state index in [1.54, 1.807) is 6.07 Å². The van der Waals surface area contributed by atoms with Gasteiger partial charge in [0.15, 0.2) is 0 Å². The van der Waals surface area contributed by atoms with Crippen LogP contribution in [-0.2, 0) is 0 Å². The number of nitrogens with two attached hydrogens (primary N) is 1. The maximum atomic E-state index is 13.9. The van der Waals surface area contributed by atoms with Crippen molar-refractivity contribution in [2.24, 2.45) is 17.6 Å². The third kappa shape index (κ3) is 2.91. The van der Waals surface area contributed by atoms with Crippen molar-refractivity contribution in [1.29, 1.82) is 0 Å². The molecule has 1 saturated heterocycles. The van der Waals surface area contributed by atoms with Crippen LogP contribution >= 0.6 is 15.9 Å². The zero-order chi connectivity index (χ0) is 13.3. The second-order valence-electron chi connectivity index (χ2n) is 5.25. The largest absolute Gasteiger partial charge is 0.315 e. The third-order valence-corrected chi connectivity index (χ3v) is 3.82. The molecule has 18 heavy (non-hydrogen) atoms. The molecule has 0 spiro atoms. The van der Waals surface area contributed by atoms with E-state index in [-0.39, 0.29) is 23.9 Å². The summed E-state index contributed by atoms with van der Waals surface area (Å²) >= 11 is 3.38. The van der Waals surface area contributed by atoms with Crippen LogP contribution in [0.25, 0.3) is 0 Å². The lowest BCUT2D eigenvalue weighted by Crippen LogP contribution is -2.39. The van der Waals surface area contributed by atoms with Crippen LogP contribution in [0.3, 0.4) is 0 Å². The minimum atomic E-state index is -0.194. The Bertz CT molecular complexity index is 425. The fourth-order valence-electron chi connectivity index (χ4n) is 2.50. The summed E-state index contributed by atoms with van der Waals surface area (Å²) in [5.74, 6) is 0.523. The van der Waals surface area contributed by atoms with E-state index in [0.29, 0.717) is 11.5 Å². The molecule has 100 valence electrons. The number of hydrogen-bond acceptors (Lipinski definition) is 3. The molecule has 1 fully saturated rings. The first-order valence-corrected chi connectivity index (χ1v) is 7.00. The Morgan fingerprint density at radius 2 is 2.11 bits per heavy atom. The molecule has 1 aromatic rings. The number of nitrogens with one attached hydrogen (secondary N) is 2. The number of rotatable bonds is 3. The van der Waals surface area contributed by atoms with Gasteiger partial charge in [0.1, 0.15) is 5.82 Å². The van der Waals surface area contributed by atoms with Crippen LogP contribution in [0.2, 0.25) is 0 Å². The van der Waals surface area contributed by atoms with E-state index in [9.17, 15) is 4.39 Å². The highest BCUT2D eigenvalue weighted by Gasteiger charge is 2.36. The molecule has 1 aliphatic rings. The third-order valence-electron chi connectivity index (χ3n) is 3.33. The summed E-state index contributed by atoms with van der Waals surface area (Å²) in [5, 5.41) is 0. The summed E-state index contributed by atoms with van der Waals surface area (Å²) in [4.78, 5) is 0. The number of benzene rings is 1. The van der Waals surface area contributed by atoms with Gasteiger partial charge in [0.2, 0.25) is 0 Å². The molecule has 1 aromatic carbocycles. The normalized spacial score (nSPS) is 28.0. The van der Waals surface area contributed by atoms with Gasteiger partial charge in [0.25, 0.3) is 0 Å². The highest BCUT2D eigenvalue weighted by Crippen LogP contribution is 2.34. The highest BCUT2D eigenvalue weighted by molar-refractivity contribution is 9.10. The Morgan fingerprint density at radius 3 is 2.78 bits per heavy atom. The zero-order valence-corrected chi connectivity index (χ0v) is 12.2. The molecule has 0 aromatic heterocycles. The van der Waals surface area contributed by atoms with Gasteiger partial charge in [-0.3, -0.25) is 0 Å². The van der Waals surface area contributed by atoms with Crippen LogP contribution < -0.4 is 16.6 Å². The standard InChI is InChI=1S/C13H19BrFN3/c1-7(2)5-10-12(17-18-13(10)16)9-6-8(14)3-4-11(9)15/h3-4,6-7,10,12-13,17-18H,5,16H2,1-2H3.